The first-order valence-corrected chi connectivity index (χ1v) is 6.42. The summed E-state index contributed by atoms with van der Waals surface area (Å²) in [5, 5.41) is 7.43. The van der Waals surface area contributed by atoms with E-state index in [2.05, 4.69) is 28.4 Å². The van der Waals surface area contributed by atoms with Crippen molar-refractivity contribution in [1.82, 2.24) is 15.5 Å². The van der Waals surface area contributed by atoms with Crippen LogP contribution in [-0.2, 0) is 6.42 Å². The Labute approximate surface area is 106 Å². The summed E-state index contributed by atoms with van der Waals surface area (Å²) in [6.45, 7) is 4.22. The fourth-order valence-corrected chi connectivity index (χ4v) is 2.41. The fourth-order valence-electron chi connectivity index (χ4n) is 2.41. The summed E-state index contributed by atoms with van der Waals surface area (Å²) in [5.41, 5.74) is 2.23. The van der Waals surface area contributed by atoms with Gasteiger partial charge in [0.15, 0.2) is 0 Å². The Morgan fingerprint density at radius 1 is 1.39 bits per heavy atom. The molecule has 94 valence electrons. The Morgan fingerprint density at radius 2 is 2.28 bits per heavy atom. The molecule has 1 aliphatic rings. The van der Waals surface area contributed by atoms with Crippen molar-refractivity contribution in [2.45, 2.75) is 19.8 Å². The van der Waals surface area contributed by atoms with Crippen LogP contribution in [0.5, 0.6) is 0 Å². The van der Waals surface area contributed by atoms with Crippen LogP contribution < -0.4 is 5.32 Å². The van der Waals surface area contributed by atoms with Gasteiger partial charge in [0.2, 0.25) is 11.7 Å². The van der Waals surface area contributed by atoms with E-state index in [9.17, 15) is 0 Å². The molecule has 18 heavy (non-hydrogen) atoms. The zero-order chi connectivity index (χ0) is 12.4. The van der Waals surface area contributed by atoms with Gasteiger partial charge in [0.05, 0.1) is 0 Å². The van der Waals surface area contributed by atoms with E-state index in [0.717, 1.165) is 31.0 Å². The molecule has 1 aromatic heterocycles. The summed E-state index contributed by atoms with van der Waals surface area (Å²) in [6, 6.07) is 8.11. The first-order valence-electron chi connectivity index (χ1n) is 6.42. The van der Waals surface area contributed by atoms with Crippen molar-refractivity contribution >= 4 is 0 Å². The van der Waals surface area contributed by atoms with E-state index in [-0.39, 0.29) is 0 Å². The van der Waals surface area contributed by atoms with Gasteiger partial charge in [0.1, 0.15) is 0 Å². The quantitative estimate of drug-likeness (QED) is 0.897. The van der Waals surface area contributed by atoms with E-state index < -0.39 is 0 Å². The van der Waals surface area contributed by atoms with Crippen LogP contribution in [0.2, 0.25) is 0 Å². The maximum Gasteiger partial charge on any atom is 0.227 e. The molecule has 0 amide bonds. The molecule has 0 aliphatic carbocycles. The van der Waals surface area contributed by atoms with E-state index >= 15 is 0 Å². The topological polar surface area (TPSA) is 51.0 Å². The zero-order valence-electron chi connectivity index (χ0n) is 10.5. The second-order valence-corrected chi connectivity index (χ2v) is 4.89. The number of benzene rings is 1. The molecule has 1 aliphatic heterocycles. The van der Waals surface area contributed by atoms with E-state index in [1.165, 1.54) is 12.0 Å². The van der Waals surface area contributed by atoms with Crippen LogP contribution in [0.25, 0.3) is 11.4 Å². The van der Waals surface area contributed by atoms with Crippen LogP contribution >= 0.6 is 0 Å². The standard InChI is InChI=1S/C14H17N3O/c1-10-4-2-3-5-12(10)14-16-13(18-17-14)8-11-6-7-15-9-11/h2-5,11,15H,6-9H2,1H3. The van der Waals surface area contributed by atoms with Gasteiger partial charge in [-0.25, -0.2) is 0 Å². The molecule has 1 aromatic carbocycles. The van der Waals surface area contributed by atoms with E-state index in [1.54, 1.807) is 0 Å². The maximum absolute atomic E-state index is 5.35. The van der Waals surface area contributed by atoms with Crippen LogP contribution in [0.3, 0.4) is 0 Å². The molecule has 2 aromatic rings. The molecule has 1 N–H and O–H groups in total. The highest BCUT2D eigenvalue weighted by Gasteiger charge is 2.19. The molecule has 2 heterocycles. The predicted molar refractivity (Wildman–Crippen MR) is 69.2 cm³/mol. The highest BCUT2D eigenvalue weighted by Crippen LogP contribution is 2.21. The van der Waals surface area contributed by atoms with Gasteiger partial charge in [0.25, 0.3) is 0 Å². The smallest absolute Gasteiger partial charge is 0.227 e. The number of hydrogen-bond donors (Lipinski definition) is 1. The average molecular weight is 243 g/mol. The molecular weight excluding hydrogens is 226 g/mol. The number of aromatic nitrogens is 2. The third kappa shape index (κ3) is 2.29. The van der Waals surface area contributed by atoms with E-state index in [4.69, 9.17) is 4.52 Å². The lowest BCUT2D eigenvalue weighted by Gasteiger charge is -2.02. The molecule has 1 atom stereocenters. The summed E-state index contributed by atoms with van der Waals surface area (Å²) in [7, 11) is 0. The Bertz CT molecular complexity index is 529. The summed E-state index contributed by atoms with van der Waals surface area (Å²) in [6.07, 6.45) is 2.08. The normalized spacial score (nSPS) is 19.3. The van der Waals surface area contributed by atoms with Crippen LogP contribution in [0.15, 0.2) is 28.8 Å². The average Bonchev–Trinajstić information content (AvgIpc) is 3.02. The maximum atomic E-state index is 5.35. The SMILES string of the molecule is Cc1ccccc1-c1noc(CC2CCNC2)n1. The Hall–Kier alpha value is -1.68. The summed E-state index contributed by atoms with van der Waals surface area (Å²) < 4.78 is 5.35. The predicted octanol–water partition coefficient (Wildman–Crippen LogP) is 2.20. The van der Waals surface area contributed by atoms with Gasteiger partial charge in [-0.15, -0.1) is 0 Å². The van der Waals surface area contributed by atoms with Gasteiger partial charge in [-0.1, -0.05) is 29.4 Å². The van der Waals surface area contributed by atoms with Gasteiger partial charge in [0, 0.05) is 12.0 Å². The van der Waals surface area contributed by atoms with Gasteiger partial charge in [-0.05, 0) is 37.9 Å². The Balaban J connectivity index is 1.79. The molecule has 0 spiro atoms. The second kappa shape index (κ2) is 4.90. The zero-order valence-corrected chi connectivity index (χ0v) is 10.5. The Kier molecular flexibility index (Phi) is 3.11. The summed E-state index contributed by atoms with van der Waals surface area (Å²) in [4.78, 5) is 4.50. The lowest BCUT2D eigenvalue weighted by Crippen LogP contribution is -2.10. The van der Waals surface area contributed by atoms with Crippen molar-refractivity contribution in [1.29, 1.82) is 0 Å². The minimum Gasteiger partial charge on any atom is -0.339 e. The van der Waals surface area contributed by atoms with Crippen LogP contribution in [0.4, 0.5) is 0 Å². The molecular formula is C14H17N3O. The van der Waals surface area contributed by atoms with Crippen molar-refractivity contribution in [2.75, 3.05) is 13.1 Å². The molecule has 1 saturated heterocycles. The van der Waals surface area contributed by atoms with Crippen molar-refractivity contribution in [3.63, 3.8) is 0 Å². The molecule has 3 rings (SSSR count). The first kappa shape index (κ1) is 11.4. The number of nitrogens with zero attached hydrogens (tertiary/aromatic N) is 2. The Morgan fingerprint density at radius 3 is 3.06 bits per heavy atom. The number of aryl methyl sites for hydroxylation is 1. The molecule has 4 heteroatoms. The van der Waals surface area contributed by atoms with E-state index in [1.807, 2.05) is 18.2 Å². The lowest BCUT2D eigenvalue weighted by molar-refractivity contribution is 0.358. The van der Waals surface area contributed by atoms with Gasteiger partial charge in [-0.2, -0.15) is 4.98 Å². The molecule has 1 fully saturated rings. The monoisotopic (exact) mass is 243 g/mol. The number of nitrogens with one attached hydrogen (secondary N) is 1. The van der Waals surface area contributed by atoms with E-state index in [0.29, 0.717) is 11.7 Å². The fraction of sp³-hybridized carbons (Fsp3) is 0.429. The summed E-state index contributed by atoms with van der Waals surface area (Å²) >= 11 is 0. The van der Waals surface area contributed by atoms with Crippen molar-refractivity contribution < 1.29 is 4.52 Å². The van der Waals surface area contributed by atoms with Crippen LogP contribution in [0.1, 0.15) is 17.9 Å². The van der Waals surface area contributed by atoms with Crippen molar-refractivity contribution in [2.24, 2.45) is 5.92 Å². The van der Waals surface area contributed by atoms with Crippen LogP contribution in [-0.4, -0.2) is 23.2 Å². The minimum absolute atomic E-state index is 0.634. The van der Waals surface area contributed by atoms with Crippen LogP contribution in [0, 0.1) is 12.8 Å². The molecule has 0 saturated carbocycles. The van der Waals surface area contributed by atoms with Crippen molar-refractivity contribution in [3.05, 3.63) is 35.7 Å². The number of hydrogen-bond acceptors (Lipinski definition) is 4. The molecule has 1 unspecified atom stereocenters. The second-order valence-electron chi connectivity index (χ2n) is 4.89. The molecule has 0 bridgehead atoms. The number of rotatable bonds is 3. The lowest BCUT2D eigenvalue weighted by atomic mass is 10.1. The molecule has 4 nitrogen and oxygen atoms in total. The van der Waals surface area contributed by atoms with Gasteiger partial charge >= 0.3 is 0 Å². The summed E-state index contributed by atoms with van der Waals surface area (Å²) in [5.74, 6) is 2.09. The highest BCUT2D eigenvalue weighted by molar-refractivity contribution is 5.58. The third-order valence-electron chi connectivity index (χ3n) is 3.48. The first-order chi connectivity index (χ1) is 8.83. The highest BCUT2D eigenvalue weighted by atomic mass is 16.5. The third-order valence-corrected chi connectivity index (χ3v) is 3.48. The van der Waals surface area contributed by atoms with Crippen molar-refractivity contribution in [3.8, 4) is 11.4 Å². The van der Waals surface area contributed by atoms with Gasteiger partial charge in [-0.3, -0.25) is 0 Å². The van der Waals surface area contributed by atoms with Gasteiger partial charge < -0.3 is 9.84 Å². The minimum atomic E-state index is 0.634. The molecule has 0 radical (unpaired) electrons. The largest absolute Gasteiger partial charge is 0.339 e.